The van der Waals surface area contributed by atoms with Gasteiger partial charge < -0.3 is 4.74 Å². The van der Waals surface area contributed by atoms with Crippen molar-refractivity contribution in [2.24, 2.45) is 0 Å². The Morgan fingerprint density at radius 3 is 2.82 bits per heavy atom. The molecule has 1 amide bonds. The van der Waals surface area contributed by atoms with Gasteiger partial charge >= 0.3 is 16.3 Å². The zero-order valence-corrected chi connectivity index (χ0v) is 10.2. The van der Waals surface area contributed by atoms with Gasteiger partial charge in [-0.2, -0.15) is 18.2 Å². The van der Waals surface area contributed by atoms with Gasteiger partial charge in [0.1, 0.15) is 0 Å². The molecule has 1 heterocycles. The molecule has 1 aromatic rings. The molecule has 3 N–H and O–H groups in total. The largest absolute Gasteiger partial charge is 0.446 e. The molecule has 0 radical (unpaired) electrons. The Bertz CT molecular complexity index is 454. The predicted octanol–water partition coefficient (Wildman–Crippen LogP) is -0.121. The van der Waals surface area contributed by atoms with E-state index in [0.717, 1.165) is 0 Å². The first-order valence-electron chi connectivity index (χ1n) is 4.85. The Balaban J connectivity index is 2.43. The lowest BCUT2D eigenvalue weighted by Crippen LogP contribution is -2.40. The molecule has 96 valence electrons. The number of aromatic nitrogens is 2. The number of ether oxygens (including phenoxy) is 1. The Labute approximate surface area is 98.9 Å². The van der Waals surface area contributed by atoms with E-state index in [1.54, 1.807) is 18.6 Å². The fourth-order valence-corrected chi connectivity index (χ4v) is 1.63. The first-order valence-corrected chi connectivity index (χ1v) is 6.33. The third-order valence-electron chi connectivity index (χ3n) is 1.58. The van der Waals surface area contributed by atoms with Crippen LogP contribution in [0.2, 0.25) is 0 Å². The van der Waals surface area contributed by atoms with Crippen LogP contribution in [0.3, 0.4) is 0 Å². The molecule has 0 aromatic carbocycles. The van der Waals surface area contributed by atoms with Crippen LogP contribution in [0.1, 0.15) is 19.4 Å². The number of nitrogens with one attached hydrogen (secondary N) is 3. The van der Waals surface area contributed by atoms with Crippen molar-refractivity contribution in [3.05, 3.63) is 18.0 Å². The molecule has 1 rings (SSSR count). The van der Waals surface area contributed by atoms with Crippen LogP contribution in [0.5, 0.6) is 0 Å². The van der Waals surface area contributed by atoms with Gasteiger partial charge in [-0.15, -0.1) is 0 Å². The molecule has 0 saturated carbocycles. The molecule has 17 heavy (non-hydrogen) atoms. The minimum atomic E-state index is -3.92. The van der Waals surface area contributed by atoms with Crippen molar-refractivity contribution in [2.45, 2.75) is 26.5 Å². The van der Waals surface area contributed by atoms with Crippen molar-refractivity contribution >= 4 is 16.3 Å². The first kappa shape index (κ1) is 13.5. The van der Waals surface area contributed by atoms with E-state index in [0.29, 0.717) is 5.56 Å². The van der Waals surface area contributed by atoms with E-state index in [9.17, 15) is 13.2 Å². The van der Waals surface area contributed by atoms with Crippen LogP contribution in [0, 0.1) is 0 Å². The third kappa shape index (κ3) is 5.31. The number of H-pyrrole nitrogens is 1. The zero-order valence-electron chi connectivity index (χ0n) is 9.43. The summed E-state index contributed by atoms with van der Waals surface area (Å²) in [5, 5.41) is 6.19. The molecule has 9 heteroatoms. The third-order valence-corrected chi connectivity index (χ3v) is 2.54. The van der Waals surface area contributed by atoms with Gasteiger partial charge in [0.25, 0.3) is 0 Å². The highest BCUT2D eigenvalue weighted by atomic mass is 32.2. The van der Waals surface area contributed by atoms with Gasteiger partial charge in [-0.3, -0.25) is 5.10 Å². The second kappa shape index (κ2) is 5.64. The normalized spacial score (nSPS) is 11.5. The summed E-state index contributed by atoms with van der Waals surface area (Å²) in [5.41, 5.74) is 0.646. The Hall–Kier alpha value is -1.61. The number of nitrogens with zero attached hydrogens (tertiary/aromatic N) is 1. The minimum absolute atomic E-state index is 0.0286. The number of amides is 1. The van der Waals surface area contributed by atoms with E-state index in [1.165, 1.54) is 12.4 Å². The smallest absolute Gasteiger partial charge is 0.422 e. The van der Waals surface area contributed by atoms with Crippen molar-refractivity contribution in [1.29, 1.82) is 0 Å². The number of hydrogen-bond acceptors (Lipinski definition) is 5. The number of hydrogen-bond donors (Lipinski definition) is 3. The van der Waals surface area contributed by atoms with Crippen molar-refractivity contribution in [3.8, 4) is 0 Å². The van der Waals surface area contributed by atoms with E-state index in [2.05, 4.69) is 19.7 Å². The number of carbonyl (C=O) groups is 1. The van der Waals surface area contributed by atoms with E-state index in [-0.39, 0.29) is 12.6 Å². The summed E-state index contributed by atoms with van der Waals surface area (Å²) in [6, 6.07) is 0. The molecule has 0 fully saturated rings. The highest BCUT2D eigenvalue weighted by Crippen LogP contribution is 1.94. The molecule has 1 aromatic heterocycles. The van der Waals surface area contributed by atoms with E-state index in [4.69, 9.17) is 0 Å². The summed E-state index contributed by atoms with van der Waals surface area (Å²) in [6.07, 6.45) is 1.60. The lowest BCUT2D eigenvalue weighted by Gasteiger charge is -2.10. The molecule has 0 spiro atoms. The summed E-state index contributed by atoms with van der Waals surface area (Å²) in [4.78, 5) is 11.1. The van der Waals surface area contributed by atoms with Crippen molar-refractivity contribution in [1.82, 2.24) is 19.6 Å². The second-order valence-corrected chi connectivity index (χ2v) is 4.99. The lowest BCUT2D eigenvalue weighted by atomic mass is 10.4. The fourth-order valence-electron chi connectivity index (χ4n) is 0.937. The van der Waals surface area contributed by atoms with E-state index in [1.807, 2.05) is 0 Å². The van der Waals surface area contributed by atoms with Crippen LogP contribution in [-0.4, -0.2) is 30.8 Å². The monoisotopic (exact) mass is 262 g/mol. The molecule has 0 saturated heterocycles. The van der Waals surface area contributed by atoms with Crippen molar-refractivity contribution < 1.29 is 17.9 Å². The number of aromatic amines is 1. The molecule has 0 atom stereocenters. The van der Waals surface area contributed by atoms with Gasteiger partial charge in [0.2, 0.25) is 0 Å². The SMILES string of the molecule is CC(C)OC(=O)NS(=O)(=O)NCc1cn[nH]c1. The molecule has 0 aliphatic rings. The van der Waals surface area contributed by atoms with Crippen molar-refractivity contribution in [3.63, 3.8) is 0 Å². The quantitative estimate of drug-likeness (QED) is 0.684. The summed E-state index contributed by atoms with van der Waals surface area (Å²) in [7, 11) is -3.92. The topological polar surface area (TPSA) is 113 Å². The Morgan fingerprint density at radius 1 is 1.59 bits per heavy atom. The summed E-state index contributed by atoms with van der Waals surface area (Å²) < 4.78 is 31.2. The zero-order chi connectivity index (χ0) is 12.9. The van der Waals surface area contributed by atoms with Gasteiger partial charge in [-0.1, -0.05) is 0 Å². The maximum Gasteiger partial charge on any atom is 0.422 e. The predicted molar refractivity (Wildman–Crippen MR) is 59.1 cm³/mol. The van der Waals surface area contributed by atoms with Gasteiger partial charge in [-0.25, -0.2) is 9.52 Å². The van der Waals surface area contributed by atoms with Crippen LogP contribution >= 0.6 is 0 Å². The van der Waals surface area contributed by atoms with Crippen LogP contribution in [0.25, 0.3) is 0 Å². The average Bonchev–Trinajstić information content (AvgIpc) is 2.64. The molecule has 0 bridgehead atoms. The molecule has 8 nitrogen and oxygen atoms in total. The summed E-state index contributed by atoms with van der Waals surface area (Å²) in [5.74, 6) is 0. The van der Waals surface area contributed by atoms with Crippen LogP contribution in [0.15, 0.2) is 12.4 Å². The first-order chi connectivity index (χ1) is 7.89. The van der Waals surface area contributed by atoms with Gasteiger partial charge in [0.15, 0.2) is 0 Å². The maximum atomic E-state index is 11.4. The van der Waals surface area contributed by atoms with Crippen LogP contribution in [0.4, 0.5) is 4.79 Å². The molecule has 0 unspecified atom stereocenters. The number of rotatable bonds is 5. The van der Waals surface area contributed by atoms with E-state index >= 15 is 0 Å². The van der Waals surface area contributed by atoms with Crippen molar-refractivity contribution in [2.75, 3.05) is 0 Å². The number of carbonyl (C=O) groups excluding carboxylic acids is 1. The van der Waals surface area contributed by atoms with Gasteiger partial charge in [0, 0.05) is 18.3 Å². The molecule has 0 aliphatic carbocycles. The fraction of sp³-hybridized carbons (Fsp3) is 0.500. The van der Waals surface area contributed by atoms with Crippen LogP contribution in [-0.2, 0) is 21.5 Å². The summed E-state index contributed by atoms with van der Waals surface area (Å²) >= 11 is 0. The van der Waals surface area contributed by atoms with Gasteiger partial charge in [0.05, 0.1) is 12.3 Å². The van der Waals surface area contributed by atoms with Gasteiger partial charge in [-0.05, 0) is 13.8 Å². The highest BCUT2D eigenvalue weighted by molar-refractivity contribution is 7.88. The molecular formula is C8H14N4O4S. The Morgan fingerprint density at radius 2 is 2.29 bits per heavy atom. The Kier molecular flexibility index (Phi) is 4.46. The lowest BCUT2D eigenvalue weighted by molar-refractivity contribution is 0.121. The highest BCUT2D eigenvalue weighted by Gasteiger charge is 2.15. The molecular weight excluding hydrogens is 248 g/mol. The van der Waals surface area contributed by atoms with E-state index < -0.39 is 16.3 Å². The second-order valence-electron chi connectivity index (χ2n) is 3.49. The minimum Gasteiger partial charge on any atom is -0.446 e. The summed E-state index contributed by atoms with van der Waals surface area (Å²) in [6.45, 7) is 3.26. The average molecular weight is 262 g/mol. The standard InChI is InChI=1S/C8H14N4O4S/c1-6(2)16-8(13)12-17(14,15)11-5-7-3-9-10-4-7/h3-4,6,11H,5H2,1-2H3,(H,9,10)(H,12,13). The van der Waals surface area contributed by atoms with Crippen LogP contribution < -0.4 is 9.44 Å². The maximum absolute atomic E-state index is 11.4. The molecule has 0 aliphatic heterocycles.